The van der Waals surface area contributed by atoms with Crippen LogP contribution >= 0.6 is 11.6 Å². The van der Waals surface area contributed by atoms with E-state index in [9.17, 15) is 9.18 Å². The number of benzene rings is 1. The predicted molar refractivity (Wildman–Crippen MR) is 87.5 cm³/mol. The number of nitrogens with one attached hydrogen (secondary N) is 1. The van der Waals surface area contributed by atoms with Crippen molar-refractivity contribution >= 4 is 23.8 Å². The van der Waals surface area contributed by atoms with Crippen molar-refractivity contribution in [3.63, 3.8) is 0 Å². The van der Waals surface area contributed by atoms with Gasteiger partial charge in [0.1, 0.15) is 6.61 Å². The summed E-state index contributed by atoms with van der Waals surface area (Å²) in [5.41, 5.74) is 1.63. The molecule has 0 aliphatic carbocycles. The molecule has 4 nitrogen and oxygen atoms in total. The molecule has 0 radical (unpaired) electrons. The van der Waals surface area contributed by atoms with Gasteiger partial charge in [0, 0.05) is 12.7 Å². The number of halogens is 2. The van der Waals surface area contributed by atoms with Gasteiger partial charge in [-0.15, -0.1) is 0 Å². The molecule has 0 spiro atoms. The molecule has 0 saturated heterocycles. The summed E-state index contributed by atoms with van der Waals surface area (Å²) < 4.78 is 18.0. The van der Waals surface area contributed by atoms with Crippen molar-refractivity contribution in [1.29, 1.82) is 0 Å². The summed E-state index contributed by atoms with van der Waals surface area (Å²) in [4.78, 5) is 15.0. The number of alkyl carbamates (subject to hydrolysis) is 1. The van der Waals surface area contributed by atoms with Gasteiger partial charge in [0.05, 0.1) is 5.02 Å². The minimum atomic E-state index is -0.688. The Morgan fingerprint density at radius 1 is 1.35 bits per heavy atom. The number of rotatable bonds is 6. The molecule has 2 rings (SSSR count). The zero-order valence-electron chi connectivity index (χ0n) is 12.3. The lowest BCUT2D eigenvalue weighted by Crippen LogP contribution is -2.24. The number of amides is 1. The number of hydrogen-bond acceptors (Lipinski definition) is 3. The van der Waals surface area contributed by atoms with E-state index in [1.807, 2.05) is 36.4 Å². The normalized spacial score (nSPS) is 10.7. The molecule has 1 amide bonds. The number of carbonyl (C=O) groups excluding carboxylic acids is 1. The van der Waals surface area contributed by atoms with Crippen molar-refractivity contribution < 1.29 is 13.9 Å². The van der Waals surface area contributed by atoms with Crippen LogP contribution in [0.2, 0.25) is 5.02 Å². The highest BCUT2D eigenvalue weighted by Gasteiger charge is 2.01. The highest BCUT2D eigenvalue weighted by molar-refractivity contribution is 6.30. The van der Waals surface area contributed by atoms with E-state index in [2.05, 4.69) is 10.3 Å². The summed E-state index contributed by atoms with van der Waals surface area (Å²) in [5, 5.41) is 2.63. The Balaban J connectivity index is 1.65. The standard InChI is InChI=1S/C17H16ClFN2O2/c18-15-10-14(11-21-16(15)19)8-4-5-9-20-17(22)23-12-13-6-2-1-3-7-13/h1-4,6-8,10-11H,5,9,12H2,(H,20,22). The van der Waals surface area contributed by atoms with Crippen molar-refractivity contribution in [2.75, 3.05) is 6.54 Å². The second-order valence-corrected chi connectivity index (χ2v) is 5.13. The third kappa shape index (κ3) is 6.08. The second kappa shape index (κ2) is 8.90. The summed E-state index contributed by atoms with van der Waals surface area (Å²) in [5.74, 6) is -0.688. The maximum absolute atomic E-state index is 12.9. The Hall–Kier alpha value is -2.40. The van der Waals surface area contributed by atoms with Crippen LogP contribution in [0.15, 0.2) is 48.7 Å². The van der Waals surface area contributed by atoms with Gasteiger partial charge >= 0.3 is 6.09 Å². The highest BCUT2D eigenvalue weighted by atomic mass is 35.5. The Labute approximate surface area is 139 Å². The number of nitrogens with zero attached hydrogens (tertiary/aromatic N) is 1. The summed E-state index contributed by atoms with van der Waals surface area (Å²) in [6, 6.07) is 10.9. The third-order valence-corrected chi connectivity index (χ3v) is 3.19. The van der Waals surface area contributed by atoms with E-state index in [-0.39, 0.29) is 11.6 Å². The van der Waals surface area contributed by atoms with Crippen LogP contribution in [0.4, 0.5) is 9.18 Å². The first-order valence-corrected chi connectivity index (χ1v) is 7.45. The molecule has 0 aliphatic heterocycles. The van der Waals surface area contributed by atoms with Crippen LogP contribution in [-0.2, 0) is 11.3 Å². The fraction of sp³-hybridized carbons (Fsp3) is 0.176. The Bertz CT molecular complexity index is 678. The first-order valence-electron chi connectivity index (χ1n) is 7.07. The van der Waals surface area contributed by atoms with E-state index < -0.39 is 12.0 Å². The molecule has 1 heterocycles. The molecule has 1 aromatic heterocycles. The average Bonchev–Trinajstić information content (AvgIpc) is 2.57. The first-order chi connectivity index (χ1) is 11.1. The van der Waals surface area contributed by atoms with E-state index in [0.29, 0.717) is 18.5 Å². The molecule has 0 atom stereocenters. The van der Waals surface area contributed by atoms with Gasteiger partial charge in [-0.25, -0.2) is 9.78 Å². The van der Waals surface area contributed by atoms with Gasteiger partial charge in [-0.05, 0) is 23.6 Å². The molecule has 0 bridgehead atoms. The van der Waals surface area contributed by atoms with E-state index in [0.717, 1.165) is 5.56 Å². The van der Waals surface area contributed by atoms with Crippen LogP contribution in [0.1, 0.15) is 17.5 Å². The second-order valence-electron chi connectivity index (χ2n) is 4.72. The summed E-state index contributed by atoms with van der Waals surface area (Å²) in [6.45, 7) is 0.675. The lowest BCUT2D eigenvalue weighted by atomic mass is 10.2. The van der Waals surface area contributed by atoms with Gasteiger partial charge < -0.3 is 10.1 Å². The van der Waals surface area contributed by atoms with E-state index >= 15 is 0 Å². The number of carbonyl (C=O) groups is 1. The number of pyridine rings is 1. The zero-order valence-corrected chi connectivity index (χ0v) is 13.1. The largest absolute Gasteiger partial charge is 0.445 e. The topological polar surface area (TPSA) is 51.2 Å². The minimum Gasteiger partial charge on any atom is -0.445 e. The summed E-state index contributed by atoms with van der Waals surface area (Å²) in [6.07, 6.45) is 5.13. The quantitative estimate of drug-likeness (QED) is 0.636. The van der Waals surface area contributed by atoms with Gasteiger partial charge in [0.2, 0.25) is 5.95 Å². The van der Waals surface area contributed by atoms with Crippen molar-refractivity contribution in [2.24, 2.45) is 0 Å². The molecule has 1 aromatic carbocycles. The molecule has 1 N–H and O–H groups in total. The molecule has 120 valence electrons. The molecule has 0 saturated carbocycles. The van der Waals surface area contributed by atoms with Crippen LogP contribution in [0, 0.1) is 5.95 Å². The summed E-state index contributed by atoms with van der Waals surface area (Å²) in [7, 11) is 0. The number of hydrogen-bond donors (Lipinski definition) is 1. The van der Waals surface area contributed by atoms with Gasteiger partial charge in [-0.3, -0.25) is 0 Å². The van der Waals surface area contributed by atoms with Gasteiger partial charge in [0.15, 0.2) is 0 Å². The summed E-state index contributed by atoms with van der Waals surface area (Å²) >= 11 is 5.64. The lowest BCUT2D eigenvalue weighted by Gasteiger charge is -2.05. The fourth-order valence-corrected chi connectivity index (χ4v) is 1.95. The predicted octanol–water partition coefficient (Wildman–Crippen LogP) is 4.20. The molecular weight excluding hydrogens is 319 g/mol. The van der Waals surface area contributed by atoms with Gasteiger partial charge in [0.25, 0.3) is 0 Å². The van der Waals surface area contributed by atoms with Crippen LogP contribution in [0.3, 0.4) is 0 Å². The van der Waals surface area contributed by atoms with E-state index in [1.165, 1.54) is 12.3 Å². The molecule has 6 heteroatoms. The molecule has 2 aromatic rings. The maximum Gasteiger partial charge on any atom is 0.407 e. The third-order valence-electron chi connectivity index (χ3n) is 2.92. The Kier molecular flexibility index (Phi) is 6.56. The van der Waals surface area contributed by atoms with Crippen LogP contribution < -0.4 is 5.32 Å². The van der Waals surface area contributed by atoms with Crippen molar-refractivity contribution in [1.82, 2.24) is 10.3 Å². The smallest absolute Gasteiger partial charge is 0.407 e. The van der Waals surface area contributed by atoms with Crippen LogP contribution in [-0.4, -0.2) is 17.6 Å². The zero-order chi connectivity index (χ0) is 16.5. The van der Waals surface area contributed by atoms with Gasteiger partial charge in [-0.2, -0.15) is 4.39 Å². The first kappa shape index (κ1) is 17.0. The number of aromatic nitrogens is 1. The number of ether oxygens (including phenoxy) is 1. The minimum absolute atomic E-state index is 0.0187. The Morgan fingerprint density at radius 2 is 2.13 bits per heavy atom. The van der Waals surface area contributed by atoms with Crippen molar-refractivity contribution in [3.8, 4) is 0 Å². The molecule has 0 unspecified atom stereocenters. The lowest BCUT2D eigenvalue weighted by molar-refractivity contribution is 0.140. The molecular formula is C17H16ClFN2O2. The van der Waals surface area contributed by atoms with Gasteiger partial charge in [-0.1, -0.05) is 54.1 Å². The SMILES string of the molecule is O=C(NCCC=Cc1cnc(F)c(Cl)c1)OCc1ccccc1. The molecule has 0 fully saturated rings. The van der Waals surface area contributed by atoms with Crippen molar-refractivity contribution in [2.45, 2.75) is 13.0 Å². The highest BCUT2D eigenvalue weighted by Crippen LogP contribution is 2.14. The maximum atomic E-state index is 12.9. The monoisotopic (exact) mass is 334 g/mol. The average molecular weight is 335 g/mol. The van der Waals surface area contributed by atoms with E-state index in [1.54, 1.807) is 6.08 Å². The van der Waals surface area contributed by atoms with E-state index in [4.69, 9.17) is 16.3 Å². The van der Waals surface area contributed by atoms with Crippen molar-refractivity contribution in [3.05, 3.63) is 70.8 Å². The molecule has 23 heavy (non-hydrogen) atoms. The van der Waals surface area contributed by atoms with Crippen LogP contribution in [0.25, 0.3) is 6.08 Å². The fourth-order valence-electron chi connectivity index (χ4n) is 1.78. The molecule has 0 aliphatic rings. The van der Waals surface area contributed by atoms with Crippen LogP contribution in [0.5, 0.6) is 0 Å². The Morgan fingerprint density at radius 3 is 2.87 bits per heavy atom.